The van der Waals surface area contributed by atoms with E-state index in [1.54, 1.807) is 0 Å². The molecule has 4 nitrogen and oxygen atoms in total. The number of allylic oxidation sites excluding steroid dienone is 3. The Hall–Kier alpha value is -5.82. The van der Waals surface area contributed by atoms with Crippen molar-refractivity contribution in [3.05, 3.63) is 181 Å². The Kier molecular flexibility index (Phi) is 7.77. The zero-order valence-corrected chi connectivity index (χ0v) is 29.8. The number of hydrogen-bond acceptors (Lipinski definition) is 6. The van der Waals surface area contributed by atoms with Crippen molar-refractivity contribution < 1.29 is 0 Å². The normalized spacial score (nSPS) is 14.4. The van der Waals surface area contributed by atoms with E-state index in [4.69, 9.17) is 9.97 Å². The fourth-order valence-corrected chi connectivity index (χ4v) is 9.64. The van der Waals surface area contributed by atoms with Gasteiger partial charge in [-0.2, -0.15) is 0 Å². The highest BCUT2D eigenvalue weighted by atomic mass is 32.2. The second-order valence-corrected chi connectivity index (χ2v) is 15.1. The third-order valence-electron chi connectivity index (χ3n) is 9.82. The van der Waals surface area contributed by atoms with Crippen LogP contribution in [-0.2, 0) is 0 Å². The lowest BCUT2D eigenvalue weighted by Gasteiger charge is -2.35. The van der Waals surface area contributed by atoms with Crippen molar-refractivity contribution in [2.24, 2.45) is 0 Å². The number of aromatic nitrogens is 2. The van der Waals surface area contributed by atoms with Gasteiger partial charge in [0, 0.05) is 65.6 Å². The van der Waals surface area contributed by atoms with Crippen LogP contribution >= 0.6 is 23.5 Å². The predicted molar refractivity (Wildman–Crippen MR) is 217 cm³/mol. The summed E-state index contributed by atoms with van der Waals surface area (Å²) in [5, 5.41) is 0. The minimum atomic E-state index is 0.931. The van der Waals surface area contributed by atoms with Crippen LogP contribution in [0.2, 0.25) is 0 Å². The lowest BCUT2D eigenvalue weighted by atomic mass is 9.95. The maximum Gasteiger partial charge on any atom is 0.0781 e. The molecule has 248 valence electrons. The van der Waals surface area contributed by atoms with Crippen LogP contribution in [0.1, 0.15) is 12.8 Å². The molecule has 2 aliphatic heterocycles. The summed E-state index contributed by atoms with van der Waals surface area (Å²) in [6, 6.07) is 52.0. The smallest absolute Gasteiger partial charge is 0.0781 e. The third kappa shape index (κ3) is 5.34. The molecule has 2 aromatic heterocycles. The lowest BCUT2D eigenvalue weighted by molar-refractivity contribution is 0.969. The molecule has 0 saturated carbocycles. The summed E-state index contributed by atoms with van der Waals surface area (Å²) in [7, 11) is 0. The van der Waals surface area contributed by atoms with Crippen LogP contribution in [0.15, 0.2) is 195 Å². The van der Waals surface area contributed by atoms with Crippen molar-refractivity contribution in [1.82, 2.24) is 9.97 Å². The maximum absolute atomic E-state index is 4.95. The molecule has 52 heavy (non-hydrogen) atoms. The number of thioether (sulfide) groups is 1. The monoisotopic (exact) mass is 704 g/mol. The molecule has 0 N–H and O–H groups in total. The van der Waals surface area contributed by atoms with Gasteiger partial charge in [0.25, 0.3) is 0 Å². The summed E-state index contributed by atoms with van der Waals surface area (Å²) in [4.78, 5) is 19.9. The lowest BCUT2D eigenvalue weighted by Crippen LogP contribution is -2.21. The highest BCUT2D eigenvalue weighted by molar-refractivity contribution is 8.03. The van der Waals surface area contributed by atoms with Crippen molar-refractivity contribution in [2.45, 2.75) is 27.5 Å². The molecule has 4 heterocycles. The van der Waals surface area contributed by atoms with E-state index in [0.717, 1.165) is 57.9 Å². The molecule has 0 radical (unpaired) electrons. The van der Waals surface area contributed by atoms with E-state index in [2.05, 4.69) is 155 Å². The minimum Gasteiger partial charge on any atom is -0.309 e. The van der Waals surface area contributed by atoms with Crippen LogP contribution in [0.5, 0.6) is 0 Å². The summed E-state index contributed by atoms with van der Waals surface area (Å²) in [6.45, 7) is 0. The van der Waals surface area contributed by atoms with Gasteiger partial charge in [0.2, 0.25) is 0 Å². The Morgan fingerprint density at radius 1 is 0.462 bits per heavy atom. The molecule has 0 unspecified atom stereocenters. The van der Waals surface area contributed by atoms with E-state index in [-0.39, 0.29) is 0 Å². The average molecular weight is 705 g/mol. The van der Waals surface area contributed by atoms with Crippen molar-refractivity contribution in [3.63, 3.8) is 0 Å². The summed E-state index contributed by atoms with van der Waals surface area (Å²) >= 11 is 3.73. The standard InChI is InChI=1S/C46H32N4S2/c1-5-17-41-37(13-1)49(38-14-2-6-18-42(38)51-41)33-25-21-31(22-26-33)45-35(11-9-29-47-45)36-12-10-30-48-46(36)32-23-27-34(28-24-32)50-39-15-3-7-19-43(39)52-44-20-8-4-16-40(44)50/h1-7,9-19,21-30H,8,20H2. The maximum atomic E-state index is 4.95. The summed E-state index contributed by atoms with van der Waals surface area (Å²) in [5.74, 6) is 0. The van der Waals surface area contributed by atoms with Gasteiger partial charge >= 0.3 is 0 Å². The van der Waals surface area contributed by atoms with Crippen LogP contribution < -0.4 is 9.80 Å². The second-order valence-electron chi connectivity index (χ2n) is 12.9. The van der Waals surface area contributed by atoms with Gasteiger partial charge < -0.3 is 9.80 Å². The summed E-state index contributed by atoms with van der Waals surface area (Å²) in [6.07, 6.45) is 10.5. The first-order chi connectivity index (χ1) is 25.8. The SMILES string of the molecule is C1=CC2=C(CC1)Sc1ccccc1N2c1ccc(-c2ncccc2-c2cccnc2-c2ccc(N3c4ccccc4Sc4ccccc43)cc2)cc1. The van der Waals surface area contributed by atoms with Crippen molar-refractivity contribution >= 4 is 52.0 Å². The quantitative estimate of drug-likeness (QED) is 0.177. The highest BCUT2D eigenvalue weighted by Crippen LogP contribution is 2.52. The van der Waals surface area contributed by atoms with E-state index in [1.807, 2.05) is 48.1 Å². The van der Waals surface area contributed by atoms with E-state index < -0.39 is 0 Å². The van der Waals surface area contributed by atoms with Gasteiger partial charge in [-0.15, -0.1) is 0 Å². The first kappa shape index (κ1) is 31.0. The second kappa shape index (κ2) is 13.1. The Morgan fingerprint density at radius 3 is 1.50 bits per heavy atom. The van der Waals surface area contributed by atoms with Gasteiger partial charge in [-0.25, -0.2) is 0 Å². The van der Waals surface area contributed by atoms with E-state index in [9.17, 15) is 0 Å². The van der Waals surface area contributed by atoms with Gasteiger partial charge in [-0.3, -0.25) is 9.97 Å². The van der Waals surface area contributed by atoms with Crippen LogP contribution in [-0.4, -0.2) is 9.97 Å². The molecule has 0 spiro atoms. The Morgan fingerprint density at radius 2 is 0.942 bits per heavy atom. The van der Waals surface area contributed by atoms with Crippen LogP contribution in [0.4, 0.5) is 28.4 Å². The van der Waals surface area contributed by atoms with Crippen LogP contribution in [0.25, 0.3) is 33.6 Å². The molecule has 3 aliphatic rings. The number of pyridine rings is 2. The molecule has 0 fully saturated rings. The molecule has 6 heteroatoms. The van der Waals surface area contributed by atoms with Gasteiger partial charge in [-0.1, -0.05) is 102 Å². The number of rotatable bonds is 5. The van der Waals surface area contributed by atoms with E-state index >= 15 is 0 Å². The zero-order valence-electron chi connectivity index (χ0n) is 28.2. The Balaban J connectivity index is 1.00. The molecule has 0 amide bonds. The van der Waals surface area contributed by atoms with Crippen molar-refractivity contribution in [2.75, 3.05) is 9.80 Å². The zero-order chi connectivity index (χ0) is 34.4. The molecular weight excluding hydrogens is 673 g/mol. The number of anilines is 5. The Bertz CT molecular complexity index is 2490. The van der Waals surface area contributed by atoms with E-state index in [0.29, 0.717) is 0 Å². The topological polar surface area (TPSA) is 32.3 Å². The fraction of sp³-hybridized carbons (Fsp3) is 0.0435. The third-order valence-corrected chi connectivity index (χ3v) is 12.2. The van der Waals surface area contributed by atoms with Gasteiger partial charge in [0.05, 0.1) is 34.1 Å². The number of benzene rings is 5. The summed E-state index contributed by atoms with van der Waals surface area (Å²) < 4.78 is 0. The van der Waals surface area contributed by atoms with Crippen molar-refractivity contribution in [1.29, 1.82) is 0 Å². The van der Waals surface area contributed by atoms with Gasteiger partial charge in [0.15, 0.2) is 0 Å². The molecule has 0 bridgehead atoms. The molecule has 0 atom stereocenters. The van der Waals surface area contributed by atoms with Crippen molar-refractivity contribution in [3.8, 4) is 33.6 Å². The predicted octanol–water partition coefficient (Wildman–Crippen LogP) is 13.2. The minimum absolute atomic E-state index is 0.931. The number of nitrogens with zero attached hydrogens (tertiary/aromatic N) is 4. The average Bonchev–Trinajstić information content (AvgIpc) is 3.22. The molecule has 10 rings (SSSR count). The van der Waals surface area contributed by atoms with Crippen LogP contribution in [0, 0.1) is 0 Å². The molecule has 7 aromatic rings. The first-order valence-corrected chi connectivity index (χ1v) is 19.2. The van der Waals surface area contributed by atoms with E-state index in [1.165, 1.54) is 42.4 Å². The molecular formula is C46H32N4S2. The largest absolute Gasteiger partial charge is 0.309 e. The molecule has 1 aliphatic carbocycles. The number of para-hydroxylation sites is 3. The fourth-order valence-electron chi connectivity index (χ4n) is 7.43. The number of hydrogen-bond donors (Lipinski definition) is 0. The Labute approximate surface area is 312 Å². The number of fused-ring (bicyclic) bond motifs is 3. The van der Waals surface area contributed by atoms with Gasteiger partial charge in [0.1, 0.15) is 0 Å². The molecule has 0 saturated heterocycles. The molecule has 5 aromatic carbocycles. The van der Waals surface area contributed by atoms with Gasteiger partial charge in [-0.05, 0) is 91.7 Å². The summed E-state index contributed by atoms with van der Waals surface area (Å²) in [5.41, 5.74) is 13.3. The highest BCUT2D eigenvalue weighted by Gasteiger charge is 2.27. The van der Waals surface area contributed by atoms with Crippen LogP contribution in [0.3, 0.4) is 0 Å². The first-order valence-electron chi connectivity index (χ1n) is 17.5.